The number of hydrogen-bond acceptors (Lipinski definition) is 5. The van der Waals surface area contributed by atoms with Gasteiger partial charge in [0.2, 0.25) is 0 Å². The summed E-state index contributed by atoms with van der Waals surface area (Å²) in [6, 6.07) is 15.7. The van der Waals surface area contributed by atoms with E-state index in [2.05, 4.69) is 20.3 Å². The fraction of sp³-hybridized carbons (Fsp3) is 0.0588. The molecular weight excluding hydrogens is 308 g/mol. The lowest BCUT2D eigenvalue weighted by Gasteiger charge is -2.03. The number of nitrogens with one attached hydrogen (secondary N) is 2. The number of para-hydroxylation sites is 2. The summed E-state index contributed by atoms with van der Waals surface area (Å²) in [4.78, 5) is 12.5. The van der Waals surface area contributed by atoms with Gasteiger partial charge in [0.05, 0.1) is 18.1 Å². The summed E-state index contributed by atoms with van der Waals surface area (Å²) >= 11 is 1.55. The van der Waals surface area contributed by atoms with Crippen molar-refractivity contribution in [2.45, 2.75) is 0 Å². The van der Waals surface area contributed by atoms with Crippen molar-refractivity contribution in [3.63, 3.8) is 0 Å². The van der Waals surface area contributed by atoms with E-state index in [1.54, 1.807) is 18.4 Å². The zero-order valence-corrected chi connectivity index (χ0v) is 13.2. The van der Waals surface area contributed by atoms with Crippen molar-refractivity contribution in [2.24, 2.45) is 0 Å². The van der Waals surface area contributed by atoms with Crippen LogP contribution in [0.3, 0.4) is 0 Å². The summed E-state index contributed by atoms with van der Waals surface area (Å²) in [5, 5.41) is 6.10. The van der Waals surface area contributed by atoms with Crippen LogP contribution in [0.25, 0.3) is 22.6 Å². The molecule has 4 rings (SSSR count). The van der Waals surface area contributed by atoms with Gasteiger partial charge in [0.1, 0.15) is 11.4 Å². The molecule has 0 saturated carbocycles. The monoisotopic (exact) mass is 322 g/mol. The number of aromatic amines is 1. The molecule has 0 atom stereocenters. The molecule has 2 aromatic heterocycles. The van der Waals surface area contributed by atoms with E-state index in [4.69, 9.17) is 4.74 Å². The molecule has 4 aromatic rings. The summed E-state index contributed by atoms with van der Waals surface area (Å²) in [6.07, 6.45) is 0. The SMILES string of the molecule is COc1ccc(Nc2nc(-c3nc4ccccc4[nH]3)cs2)cc1. The normalized spacial score (nSPS) is 10.8. The maximum Gasteiger partial charge on any atom is 0.187 e. The first-order valence-corrected chi connectivity index (χ1v) is 8.01. The quantitative estimate of drug-likeness (QED) is 0.583. The summed E-state index contributed by atoms with van der Waals surface area (Å²) in [6.45, 7) is 0. The molecule has 0 fully saturated rings. The van der Waals surface area contributed by atoms with Crippen molar-refractivity contribution in [1.29, 1.82) is 0 Å². The van der Waals surface area contributed by atoms with Gasteiger partial charge < -0.3 is 15.0 Å². The number of ether oxygens (including phenoxy) is 1. The van der Waals surface area contributed by atoms with Gasteiger partial charge in [-0.3, -0.25) is 0 Å². The Morgan fingerprint density at radius 2 is 1.87 bits per heavy atom. The zero-order chi connectivity index (χ0) is 15.6. The van der Waals surface area contributed by atoms with Crippen molar-refractivity contribution in [3.8, 4) is 17.3 Å². The molecule has 2 heterocycles. The Hall–Kier alpha value is -2.86. The fourth-order valence-electron chi connectivity index (χ4n) is 2.31. The number of rotatable bonds is 4. The third-order valence-electron chi connectivity index (χ3n) is 3.48. The largest absolute Gasteiger partial charge is 0.497 e. The van der Waals surface area contributed by atoms with Crippen molar-refractivity contribution >= 4 is 33.2 Å². The first-order valence-electron chi connectivity index (χ1n) is 7.13. The van der Waals surface area contributed by atoms with Crippen molar-refractivity contribution in [1.82, 2.24) is 15.0 Å². The van der Waals surface area contributed by atoms with Crippen LogP contribution < -0.4 is 10.1 Å². The molecule has 23 heavy (non-hydrogen) atoms. The number of fused-ring (bicyclic) bond motifs is 1. The molecule has 5 nitrogen and oxygen atoms in total. The number of anilines is 2. The maximum atomic E-state index is 5.16. The summed E-state index contributed by atoms with van der Waals surface area (Å²) in [7, 11) is 1.66. The molecule has 0 bridgehead atoms. The summed E-state index contributed by atoms with van der Waals surface area (Å²) in [5.41, 5.74) is 3.76. The number of imidazole rings is 1. The topological polar surface area (TPSA) is 62.8 Å². The van der Waals surface area contributed by atoms with Gasteiger partial charge in [-0.25, -0.2) is 9.97 Å². The van der Waals surface area contributed by atoms with E-state index in [9.17, 15) is 0 Å². The van der Waals surface area contributed by atoms with Crippen molar-refractivity contribution < 1.29 is 4.74 Å². The highest BCUT2D eigenvalue weighted by Gasteiger charge is 2.09. The Morgan fingerprint density at radius 3 is 2.65 bits per heavy atom. The second kappa shape index (κ2) is 5.73. The van der Waals surface area contributed by atoms with Crippen LogP contribution in [0.5, 0.6) is 5.75 Å². The lowest BCUT2D eigenvalue weighted by atomic mass is 10.3. The average Bonchev–Trinajstić information content (AvgIpc) is 3.21. The predicted molar refractivity (Wildman–Crippen MR) is 93.5 cm³/mol. The number of methoxy groups -OCH3 is 1. The van der Waals surface area contributed by atoms with Gasteiger partial charge >= 0.3 is 0 Å². The van der Waals surface area contributed by atoms with Gasteiger partial charge in [0, 0.05) is 11.1 Å². The molecule has 0 aliphatic carbocycles. The molecule has 2 N–H and O–H groups in total. The van der Waals surface area contributed by atoms with E-state index < -0.39 is 0 Å². The Balaban J connectivity index is 1.58. The van der Waals surface area contributed by atoms with Gasteiger partial charge in [0.15, 0.2) is 11.0 Å². The van der Waals surface area contributed by atoms with Crippen LogP contribution in [0.4, 0.5) is 10.8 Å². The minimum atomic E-state index is 0.783. The van der Waals surface area contributed by atoms with Gasteiger partial charge in [-0.2, -0.15) is 0 Å². The van der Waals surface area contributed by atoms with Gasteiger partial charge in [0.25, 0.3) is 0 Å². The van der Waals surface area contributed by atoms with Crippen molar-refractivity contribution in [2.75, 3.05) is 12.4 Å². The number of thiazole rings is 1. The van der Waals surface area contributed by atoms with E-state index in [1.165, 1.54) is 0 Å². The lowest BCUT2D eigenvalue weighted by molar-refractivity contribution is 0.415. The number of aromatic nitrogens is 3. The highest BCUT2D eigenvalue weighted by atomic mass is 32.1. The Bertz CT molecular complexity index is 910. The van der Waals surface area contributed by atoms with Crippen molar-refractivity contribution in [3.05, 3.63) is 53.9 Å². The standard InChI is InChI=1S/C17H14N4OS/c1-22-12-8-6-11(7-9-12)18-17-21-15(10-23-17)16-19-13-4-2-3-5-14(13)20-16/h2-10H,1H3,(H,18,21)(H,19,20). The summed E-state index contributed by atoms with van der Waals surface area (Å²) < 4.78 is 5.16. The predicted octanol–water partition coefficient (Wildman–Crippen LogP) is 4.44. The van der Waals surface area contributed by atoms with E-state index in [0.717, 1.165) is 39.1 Å². The molecule has 0 aliphatic heterocycles. The fourth-order valence-corrected chi connectivity index (χ4v) is 3.03. The van der Waals surface area contributed by atoms with E-state index in [0.29, 0.717) is 0 Å². The highest BCUT2D eigenvalue weighted by Crippen LogP contribution is 2.27. The zero-order valence-electron chi connectivity index (χ0n) is 12.4. The third-order valence-corrected chi connectivity index (χ3v) is 4.24. The maximum absolute atomic E-state index is 5.16. The number of benzene rings is 2. The van der Waals surface area contributed by atoms with Crippen LogP contribution in [0.15, 0.2) is 53.9 Å². The second-order valence-corrected chi connectivity index (χ2v) is 5.85. The van der Waals surface area contributed by atoms with Crippen LogP contribution in [-0.2, 0) is 0 Å². The Labute approximate surface area is 137 Å². The Morgan fingerprint density at radius 1 is 1.04 bits per heavy atom. The molecule has 6 heteroatoms. The molecule has 0 radical (unpaired) electrons. The van der Waals surface area contributed by atoms with Crippen LogP contribution in [0, 0.1) is 0 Å². The molecule has 114 valence electrons. The van der Waals surface area contributed by atoms with Gasteiger partial charge in [-0.05, 0) is 36.4 Å². The molecule has 0 saturated heterocycles. The molecule has 2 aromatic carbocycles. The minimum Gasteiger partial charge on any atom is -0.497 e. The van der Waals surface area contributed by atoms with Crippen LogP contribution >= 0.6 is 11.3 Å². The third kappa shape index (κ3) is 2.76. The van der Waals surface area contributed by atoms with Crippen LogP contribution in [-0.4, -0.2) is 22.1 Å². The minimum absolute atomic E-state index is 0.783. The molecular formula is C17H14N4OS. The first-order chi connectivity index (χ1) is 11.3. The van der Waals surface area contributed by atoms with Crippen LogP contribution in [0.2, 0.25) is 0 Å². The molecule has 0 amide bonds. The van der Waals surface area contributed by atoms with E-state index in [1.807, 2.05) is 53.9 Å². The number of hydrogen-bond donors (Lipinski definition) is 2. The lowest BCUT2D eigenvalue weighted by Crippen LogP contribution is -1.90. The van der Waals surface area contributed by atoms with E-state index >= 15 is 0 Å². The highest BCUT2D eigenvalue weighted by molar-refractivity contribution is 7.14. The number of H-pyrrole nitrogens is 1. The number of nitrogens with zero attached hydrogens (tertiary/aromatic N) is 2. The molecule has 0 aliphatic rings. The second-order valence-electron chi connectivity index (χ2n) is 4.99. The Kier molecular flexibility index (Phi) is 3.44. The van der Waals surface area contributed by atoms with Crippen LogP contribution in [0.1, 0.15) is 0 Å². The molecule has 0 unspecified atom stereocenters. The van der Waals surface area contributed by atoms with Gasteiger partial charge in [-0.1, -0.05) is 12.1 Å². The average molecular weight is 322 g/mol. The first kappa shape index (κ1) is 13.8. The van der Waals surface area contributed by atoms with E-state index in [-0.39, 0.29) is 0 Å². The molecule has 0 spiro atoms. The summed E-state index contributed by atoms with van der Waals surface area (Å²) in [5.74, 6) is 1.61. The van der Waals surface area contributed by atoms with Gasteiger partial charge in [-0.15, -0.1) is 11.3 Å². The smallest absolute Gasteiger partial charge is 0.187 e.